The van der Waals surface area contributed by atoms with Gasteiger partial charge in [0.2, 0.25) is 0 Å². The van der Waals surface area contributed by atoms with Gasteiger partial charge < -0.3 is 10.3 Å². The fourth-order valence-corrected chi connectivity index (χ4v) is 2.31. The molecule has 2 aromatic rings. The van der Waals surface area contributed by atoms with Crippen molar-refractivity contribution in [1.29, 1.82) is 0 Å². The van der Waals surface area contributed by atoms with Crippen LogP contribution in [0.25, 0.3) is 10.9 Å². The lowest BCUT2D eigenvalue weighted by molar-refractivity contribution is 0.629. The molecule has 22 heavy (non-hydrogen) atoms. The van der Waals surface area contributed by atoms with Gasteiger partial charge in [0.05, 0.1) is 21.8 Å². The maximum absolute atomic E-state index is 13.7. The molecule has 0 amide bonds. The number of benzene rings is 1. The predicted octanol–water partition coefficient (Wildman–Crippen LogP) is 2.37. The quantitative estimate of drug-likeness (QED) is 0.511. The van der Waals surface area contributed by atoms with Gasteiger partial charge in [-0.2, -0.15) is 5.10 Å². The van der Waals surface area contributed by atoms with E-state index in [0.29, 0.717) is 23.3 Å². The van der Waals surface area contributed by atoms with Crippen molar-refractivity contribution < 1.29 is 4.39 Å². The van der Waals surface area contributed by atoms with Gasteiger partial charge in [-0.25, -0.2) is 4.39 Å². The lowest BCUT2D eigenvalue weighted by Gasteiger charge is -2.12. The Hall–Kier alpha value is -1.99. The van der Waals surface area contributed by atoms with Crippen LogP contribution in [0.3, 0.4) is 0 Å². The third-order valence-electron chi connectivity index (χ3n) is 3.19. The molecule has 0 radical (unpaired) electrons. The number of rotatable bonds is 3. The molecule has 0 unspecified atom stereocenters. The number of hydrogen-bond acceptors (Lipinski definition) is 3. The average molecular weight is 341 g/mol. The van der Waals surface area contributed by atoms with Gasteiger partial charge in [-0.1, -0.05) is 11.6 Å². The molecule has 0 saturated heterocycles. The van der Waals surface area contributed by atoms with Crippen molar-refractivity contribution in [1.82, 2.24) is 9.99 Å². The van der Waals surface area contributed by atoms with E-state index < -0.39 is 5.82 Å². The van der Waals surface area contributed by atoms with E-state index in [0.717, 1.165) is 6.07 Å². The molecule has 3 N–H and O–H groups in total. The summed E-state index contributed by atoms with van der Waals surface area (Å²) in [5, 5.41) is 4.15. The van der Waals surface area contributed by atoms with Gasteiger partial charge >= 0.3 is 0 Å². The van der Waals surface area contributed by atoms with E-state index in [4.69, 9.17) is 17.3 Å². The molecule has 0 fully saturated rings. The molecule has 2 rings (SSSR count). The van der Waals surface area contributed by atoms with E-state index in [9.17, 15) is 9.18 Å². The SMILES string of the molecule is CCn1cc(/C(C)=N\NC(N)=S)c(=O)c2cc(F)c(Cl)cc21. The highest BCUT2D eigenvalue weighted by molar-refractivity contribution is 7.80. The van der Waals surface area contributed by atoms with Crippen LogP contribution in [0.4, 0.5) is 4.39 Å². The number of nitrogens with two attached hydrogens (primary N) is 1. The second-order valence-corrected chi connectivity index (χ2v) is 5.46. The summed E-state index contributed by atoms with van der Waals surface area (Å²) in [5.41, 5.74) is 8.71. The smallest absolute Gasteiger partial charge is 0.198 e. The van der Waals surface area contributed by atoms with E-state index in [2.05, 4.69) is 22.7 Å². The lowest BCUT2D eigenvalue weighted by atomic mass is 10.1. The van der Waals surface area contributed by atoms with Crippen molar-refractivity contribution in [3.8, 4) is 0 Å². The monoisotopic (exact) mass is 340 g/mol. The second kappa shape index (κ2) is 6.41. The Morgan fingerprint density at radius 2 is 2.23 bits per heavy atom. The molecule has 0 saturated carbocycles. The van der Waals surface area contributed by atoms with Gasteiger partial charge in [0, 0.05) is 18.1 Å². The molecule has 5 nitrogen and oxygen atoms in total. The fraction of sp³-hybridized carbons (Fsp3) is 0.214. The van der Waals surface area contributed by atoms with Crippen LogP contribution < -0.4 is 16.6 Å². The van der Waals surface area contributed by atoms with Crippen LogP contribution in [0.1, 0.15) is 19.4 Å². The first-order valence-corrected chi connectivity index (χ1v) is 7.26. The highest BCUT2D eigenvalue weighted by Gasteiger charge is 2.13. The number of halogens is 2. The minimum Gasteiger partial charge on any atom is -0.375 e. The van der Waals surface area contributed by atoms with Crippen LogP contribution >= 0.6 is 23.8 Å². The first kappa shape index (κ1) is 16.4. The third kappa shape index (κ3) is 3.10. The Morgan fingerprint density at radius 3 is 2.82 bits per heavy atom. The normalized spacial score (nSPS) is 11.7. The van der Waals surface area contributed by atoms with Crippen molar-refractivity contribution in [2.75, 3.05) is 0 Å². The number of hydrogen-bond donors (Lipinski definition) is 2. The van der Waals surface area contributed by atoms with Gasteiger partial charge in [0.1, 0.15) is 5.82 Å². The number of hydrazone groups is 1. The molecule has 116 valence electrons. The van der Waals surface area contributed by atoms with Gasteiger partial charge in [-0.05, 0) is 38.2 Å². The van der Waals surface area contributed by atoms with E-state index >= 15 is 0 Å². The maximum atomic E-state index is 13.7. The van der Waals surface area contributed by atoms with E-state index in [1.54, 1.807) is 17.7 Å². The molecule has 0 aliphatic carbocycles. The fourth-order valence-electron chi connectivity index (χ4n) is 2.10. The van der Waals surface area contributed by atoms with Crippen LogP contribution in [0.2, 0.25) is 5.02 Å². The number of pyridine rings is 1. The lowest BCUT2D eigenvalue weighted by Crippen LogP contribution is -2.26. The molecule has 8 heteroatoms. The van der Waals surface area contributed by atoms with Crippen LogP contribution in [0, 0.1) is 5.82 Å². The van der Waals surface area contributed by atoms with Gasteiger partial charge in [-0.15, -0.1) is 0 Å². The number of aromatic nitrogens is 1. The zero-order valence-corrected chi connectivity index (χ0v) is 13.6. The van der Waals surface area contributed by atoms with Crippen LogP contribution in [-0.2, 0) is 6.54 Å². The van der Waals surface area contributed by atoms with Crippen LogP contribution in [0.15, 0.2) is 28.2 Å². The molecule has 1 aromatic heterocycles. The minimum atomic E-state index is -0.637. The molecule has 1 aromatic carbocycles. The van der Waals surface area contributed by atoms with Crippen molar-refractivity contribution in [3.05, 3.63) is 45.0 Å². The van der Waals surface area contributed by atoms with Gasteiger partial charge in [0.15, 0.2) is 10.5 Å². The Morgan fingerprint density at radius 1 is 1.55 bits per heavy atom. The third-order valence-corrected chi connectivity index (χ3v) is 3.57. The summed E-state index contributed by atoms with van der Waals surface area (Å²) in [5.74, 6) is -0.637. The number of fused-ring (bicyclic) bond motifs is 1. The molecule has 0 aliphatic rings. The Balaban J connectivity index is 2.75. The molecule has 0 aliphatic heterocycles. The number of thiocarbonyl (C=S) groups is 1. The Kier molecular flexibility index (Phi) is 4.77. The van der Waals surface area contributed by atoms with E-state index in [1.807, 2.05) is 6.92 Å². The zero-order chi connectivity index (χ0) is 16.4. The molecular formula is C14H14ClFN4OS. The molecule has 0 spiro atoms. The summed E-state index contributed by atoms with van der Waals surface area (Å²) >= 11 is 10.5. The highest BCUT2D eigenvalue weighted by Crippen LogP contribution is 2.21. The predicted molar refractivity (Wildman–Crippen MR) is 91.0 cm³/mol. The second-order valence-electron chi connectivity index (χ2n) is 4.61. The zero-order valence-electron chi connectivity index (χ0n) is 12.0. The molecule has 0 bridgehead atoms. The highest BCUT2D eigenvalue weighted by atomic mass is 35.5. The summed E-state index contributed by atoms with van der Waals surface area (Å²) < 4.78 is 15.5. The summed E-state index contributed by atoms with van der Waals surface area (Å²) in [6.07, 6.45) is 1.65. The van der Waals surface area contributed by atoms with Crippen molar-refractivity contribution in [2.45, 2.75) is 20.4 Å². The largest absolute Gasteiger partial charge is 0.375 e. The summed E-state index contributed by atoms with van der Waals surface area (Å²) in [6.45, 7) is 4.13. The average Bonchev–Trinajstić information content (AvgIpc) is 2.47. The topological polar surface area (TPSA) is 72.4 Å². The van der Waals surface area contributed by atoms with Crippen molar-refractivity contribution >= 4 is 45.5 Å². The first-order chi connectivity index (χ1) is 10.3. The van der Waals surface area contributed by atoms with Crippen molar-refractivity contribution in [2.24, 2.45) is 10.8 Å². The number of aryl methyl sites for hydroxylation is 1. The number of nitrogens with one attached hydrogen (secondary N) is 1. The summed E-state index contributed by atoms with van der Waals surface area (Å²) in [7, 11) is 0. The molecular weight excluding hydrogens is 327 g/mol. The number of nitrogens with zero attached hydrogens (tertiary/aromatic N) is 2. The maximum Gasteiger partial charge on any atom is 0.198 e. The Labute approximate surface area is 136 Å². The van der Waals surface area contributed by atoms with Crippen molar-refractivity contribution in [3.63, 3.8) is 0 Å². The summed E-state index contributed by atoms with van der Waals surface area (Å²) in [4.78, 5) is 12.6. The van der Waals surface area contributed by atoms with Gasteiger partial charge in [-0.3, -0.25) is 10.2 Å². The van der Waals surface area contributed by atoms with Crippen LogP contribution in [-0.4, -0.2) is 15.4 Å². The van der Waals surface area contributed by atoms with Crippen LogP contribution in [0.5, 0.6) is 0 Å². The van der Waals surface area contributed by atoms with E-state index in [1.165, 1.54) is 6.07 Å². The summed E-state index contributed by atoms with van der Waals surface area (Å²) in [6, 6.07) is 2.59. The standard InChI is InChI=1S/C14H14ClFN4OS/c1-3-20-6-9(7(2)18-19-14(17)22)13(21)8-4-11(16)10(15)5-12(8)20/h4-6H,3H2,1-2H3,(H3,17,19,22)/b18-7-. The molecule has 1 heterocycles. The Bertz CT molecular complexity index is 847. The first-order valence-electron chi connectivity index (χ1n) is 6.47. The molecule has 0 atom stereocenters. The van der Waals surface area contributed by atoms with Gasteiger partial charge in [0.25, 0.3) is 0 Å². The minimum absolute atomic E-state index is 0.00576. The van der Waals surface area contributed by atoms with E-state index in [-0.39, 0.29) is 21.0 Å².